The first kappa shape index (κ1) is 15.5. The molecule has 4 heteroatoms. The molecule has 112 valence electrons. The van der Waals surface area contributed by atoms with Gasteiger partial charge in [0.05, 0.1) is 7.11 Å². The smallest absolute Gasteiger partial charge is 0.325 e. The van der Waals surface area contributed by atoms with Gasteiger partial charge in [0.15, 0.2) is 0 Å². The van der Waals surface area contributed by atoms with Crippen LogP contribution in [0.1, 0.15) is 5.56 Å². The van der Waals surface area contributed by atoms with Crippen LogP contribution in [0.5, 0.6) is 0 Å². The van der Waals surface area contributed by atoms with Crippen molar-refractivity contribution in [3.63, 3.8) is 0 Å². The fourth-order valence-electron chi connectivity index (χ4n) is 1.91. The van der Waals surface area contributed by atoms with Crippen molar-refractivity contribution in [3.8, 4) is 11.1 Å². The van der Waals surface area contributed by atoms with E-state index in [-0.39, 0.29) is 12.5 Å². The van der Waals surface area contributed by atoms with Crippen molar-refractivity contribution >= 4 is 18.0 Å². The highest BCUT2D eigenvalue weighted by molar-refractivity contribution is 5.93. The van der Waals surface area contributed by atoms with Crippen molar-refractivity contribution in [2.24, 2.45) is 0 Å². The van der Waals surface area contributed by atoms with E-state index < -0.39 is 5.97 Å². The van der Waals surface area contributed by atoms with Gasteiger partial charge in [-0.3, -0.25) is 9.59 Å². The molecular formula is C18H17NO3. The summed E-state index contributed by atoms with van der Waals surface area (Å²) < 4.78 is 4.45. The van der Waals surface area contributed by atoms with Crippen molar-refractivity contribution in [2.75, 3.05) is 13.7 Å². The minimum Gasteiger partial charge on any atom is -0.468 e. The molecule has 0 bridgehead atoms. The van der Waals surface area contributed by atoms with Crippen LogP contribution in [0.25, 0.3) is 17.2 Å². The van der Waals surface area contributed by atoms with E-state index in [1.54, 1.807) is 6.08 Å². The first-order valence-corrected chi connectivity index (χ1v) is 6.87. The third kappa shape index (κ3) is 4.59. The molecule has 4 nitrogen and oxygen atoms in total. The Labute approximate surface area is 129 Å². The molecule has 2 aromatic rings. The number of methoxy groups -OCH3 is 1. The molecule has 2 rings (SSSR count). The number of rotatable bonds is 5. The SMILES string of the molecule is COC(=O)CNC(=O)/C=C/c1cccc(-c2ccccc2)c1. The second-order valence-electron chi connectivity index (χ2n) is 4.62. The van der Waals surface area contributed by atoms with E-state index in [1.807, 2.05) is 54.6 Å². The number of carbonyl (C=O) groups excluding carboxylic acids is 2. The highest BCUT2D eigenvalue weighted by atomic mass is 16.5. The van der Waals surface area contributed by atoms with E-state index in [1.165, 1.54) is 13.2 Å². The maximum absolute atomic E-state index is 11.6. The van der Waals surface area contributed by atoms with Gasteiger partial charge in [-0.1, -0.05) is 48.5 Å². The Morgan fingerprint density at radius 3 is 2.50 bits per heavy atom. The predicted octanol–water partition coefficient (Wildman–Crippen LogP) is 2.66. The second kappa shape index (κ2) is 7.78. The van der Waals surface area contributed by atoms with Gasteiger partial charge in [-0.15, -0.1) is 0 Å². The fraction of sp³-hybridized carbons (Fsp3) is 0.111. The Morgan fingerprint density at radius 1 is 1.05 bits per heavy atom. The third-order valence-corrected chi connectivity index (χ3v) is 3.06. The van der Waals surface area contributed by atoms with E-state index in [9.17, 15) is 9.59 Å². The Hall–Kier alpha value is -2.88. The van der Waals surface area contributed by atoms with Gasteiger partial charge in [0.25, 0.3) is 0 Å². The molecule has 2 aromatic carbocycles. The normalized spacial score (nSPS) is 10.4. The first-order valence-electron chi connectivity index (χ1n) is 6.87. The number of hydrogen-bond donors (Lipinski definition) is 1. The zero-order valence-electron chi connectivity index (χ0n) is 12.3. The van der Waals surface area contributed by atoms with Crippen molar-refractivity contribution in [2.45, 2.75) is 0 Å². The van der Waals surface area contributed by atoms with E-state index in [0.29, 0.717) is 0 Å². The van der Waals surface area contributed by atoms with Gasteiger partial charge < -0.3 is 10.1 Å². The summed E-state index contributed by atoms with van der Waals surface area (Å²) in [4.78, 5) is 22.5. The molecule has 0 saturated heterocycles. The number of ether oxygens (including phenoxy) is 1. The zero-order valence-corrected chi connectivity index (χ0v) is 12.3. The van der Waals surface area contributed by atoms with Gasteiger partial charge in [-0.25, -0.2) is 0 Å². The molecule has 0 fully saturated rings. The van der Waals surface area contributed by atoms with Gasteiger partial charge >= 0.3 is 5.97 Å². The van der Waals surface area contributed by atoms with Crippen molar-refractivity contribution in [1.29, 1.82) is 0 Å². The number of hydrogen-bond acceptors (Lipinski definition) is 3. The summed E-state index contributed by atoms with van der Waals surface area (Å²) >= 11 is 0. The molecule has 0 aliphatic rings. The van der Waals surface area contributed by atoms with Gasteiger partial charge in [0, 0.05) is 6.08 Å². The van der Waals surface area contributed by atoms with Crippen LogP contribution in [0.2, 0.25) is 0 Å². The average Bonchev–Trinajstić information content (AvgIpc) is 2.58. The maximum atomic E-state index is 11.6. The monoisotopic (exact) mass is 295 g/mol. The molecule has 22 heavy (non-hydrogen) atoms. The highest BCUT2D eigenvalue weighted by Crippen LogP contribution is 2.20. The third-order valence-electron chi connectivity index (χ3n) is 3.06. The molecule has 0 aromatic heterocycles. The largest absolute Gasteiger partial charge is 0.468 e. The van der Waals surface area contributed by atoms with Crippen LogP contribution in [0.15, 0.2) is 60.7 Å². The van der Waals surface area contributed by atoms with Crippen LogP contribution in [0, 0.1) is 0 Å². The Morgan fingerprint density at radius 2 is 1.77 bits per heavy atom. The molecule has 0 spiro atoms. The number of nitrogens with one attached hydrogen (secondary N) is 1. The molecular weight excluding hydrogens is 278 g/mol. The van der Waals surface area contributed by atoms with Crippen molar-refractivity contribution in [3.05, 3.63) is 66.2 Å². The molecule has 0 heterocycles. The molecule has 0 aliphatic carbocycles. The standard InChI is InChI=1S/C18H17NO3/c1-22-18(21)13-19-17(20)11-10-14-6-5-9-16(12-14)15-7-3-2-4-8-15/h2-12H,13H2,1H3,(H,19,20)/b11-10+. The molecule has 1 N–H and O–H groups in total. The van der Waals surface area contributed by atoms with Crippen LogP contribution < -0.4 is 5.32 Å². The minimum atomic E-state index is -0.479. The van der Waals surface area contributed by atoms with Crippen LogP contribution in [0.4, 0.5) is 0 Å². The van der Waals surface area contributed by atoms with E-state index >= 15 is 0 Å². The van der Waals surface area contributed by atoms with Gasteiger partial charge in [-0.2, -0.15) is 0 Å². The molecule has 0 radical (unpaired) electrons. The number of esters is 1. The summed E-state index contributed by atoms with van der Waals surface area (Å²) in [7, 11) is 1.28. The average molecular weight is 295 g/mol. The number of benzene rings is 2. The summed E-state index contributed by atoms with van der Waals surface area (Å²) in [6.07, 6.45) is 3.10. The van der Waals surface area contributed by atoms with E-state index in [0.717, 1.165) is 16.7 Å². The van der Waals surface area contributed by atoms with Gasteiger partial charge in [0.2, 0.25) is 5.91 Å². The topological polar surface area (TPSA) is 55.4 Å². The van der Waals surface area contributed by atoms with Gasteiger partial charge in [-0.05, 0) is 28.8 Å². The Balaban J connectivity index is 2.03. The predicted molar refractivity (Wildman–Crippen MR) is 85.9 cm³/mol. The molecule has 0 atom stereocenters. The fourth-order valence-corrected chi connectivity index (χ4v) is 1.91. The number of carbonyl (C=O) groups is 2. The minimum absolute atomic E-state index is 0.135. The number of amides is 1. The lowest BCUT2D eigenvalue weighted by Crippen LogP contribution is -2.28. The zero-order chi connectivity index (χ0) is 15.8. The molecule has 0 unspecified atom stereocenters. The summed E-state index contributed by atoms with van der Waals surface area (Å²) in [6.45, 7) is -0.135. The van der Waals surface area contributed by atoms with Crippen LogP contribution in [-0.4, -0.2) is 25.5 Å². The van der Waals surface area contributed by atoms with Crippen LogP contribution in [0.3, 0.4) is 0 Å². The maximum Gasteiger partial charge on any atom is 0.325 e. The lowest BCUT2D eigenvalue weighted by Gasteiger charge is -2.03. The molecule has 0 saturated carbocycles. The molecule has 0 aliphatic heterocycles. The summed E-state index contributed by atoms with van der Waals surface area (Å²) in [5, 5.41) is 2.45. The van der Waals surface area contributed by atoms with E-state index in [4.69, 9.17) is 0 Å². The Bertz CT molecular complexity index is 678. The lowest BCUT2D eigenvalue weighted by atomic mass is 10.0. The van der Waals surface area contributed by atoms with E-state index in [2.05, 4.69) is 10.1 Å². The van der Waals surface area contributed by atoms with Crippen molar-refractivity contribution < 1.29 is 14.3 Å². The quantitative estimate of drug-likeness (QED) is 0.681. The first-order chi connectivity index (χ1) is 10.7. The highest BCUT2D eigenvalue weighted by Gasteiger charge is 2.02. The van der Waals surface area contributed by atoms with Gasteiger partial charge in [0.1, 0.15) is 6.54 Å². The lowest BCUT2D eigenvalue weighted by molar-refractivity contribution is -0.140. The summed E-state index contributed by atoms with van der Waals surface area (Å²) in [5.74, 6) is -0.816. The summed E-state index contributed by atoms with van der Waals surface area (Å²) in [6, 6.07) is 17.9. The van der Waals surface area contributed by atoms with Crippen molar-refractivity contribution in [1.82, 2.24) is 5.32 Å². The van der Waals surface area contributed by atoms with Crippen LogP contribution >= 0.6 is 0 Å². The Kier molecular flexibility index (Phi) is 5.49. The van der Waals surface area contributed by atoms with Crippen LogP contribution in [-0.2, 0) is 14.3 Å². The molecule has 1 amide bonds. The summed E-state index contributed by atoms with van der Waals surface area (Å²) in [5.41, 5.74) is 3.11. The second-order valence-corrected chi connectivity index (χ2v) is 4.62.